The highest BCUT2D eigenvalue weighted by molar-refractivity contribution is 5.91. The van der Waals surface area contributed by atoms with Gasteiger partial charge in [0.1, 0.15) is 13.2 Å². The normalized spacial score (nSPS) is 12.6. The predicted molar refractivity (Wildman–Crippen MR) is 115 cm³/mol. The summed E-state index contributed by atoms with van der Waals surface area (Å²) in [7, 11) is 0. The molecule has 162 valence electrons. The molecule has 31 heavy (non-hydrogen) atoms. The molecule has 1 amide bonds. The number of aryl methyl sites for hydroxylation is 2. The highest BCUT2D eigenvalue weighted by Crippen LogP contribution is 2.32. The summed E-state index contributed by atoms with van der Waals surface area (Å²) in [6.07, 6.45) is 0.807. The Morgan fingerprint density at radius 2 is 1.87 bits per heavy atom. The summed E-state index contributed by atoms with van der Waals surface area (Å²) in [5.41, 5.74) is 4.32. The Labute approximate surface area is 179 Å². The number of aromatic nitrogens is 4. The average molecular weight is 423 g/mol. The molecular weight excluding hydrogens is 398 g/mol. The van der Waals surface area contributed by atoms with Crippen molar-refractivity contribution in [1.82, 2.24) is 19.7 Å². The topological polar surface area (TPSA) is 111 Å². The monoisotopic (exact) mass is 423 g/mol. The summed E-state index contributed by atoms with van der Waals surface area (Å²) in [6, 6.07) is 5.35. The number of rotatable bonds is 5. The Balaban J connectivity index is 1.46. The van der Waals surface area contributed by atoms with Crippen LogP contribution in [0.3, 0.4) is 0 Å². The maximum atomic E-state index is 12.5. The zero-order chi connectivity index (χ0) is 22.1. The Morgan fingerprint density at radius 1 is 1.13 bits per heavy atom. The number of H-pyrrole nitrogens is 1. The van der Waals surface area contributed by atoms with Gasteiger partial charge in [-0.15, -0.1) is 0 Å². The molecule has 0 atom stereocenters. The van der Waals surface area contributed by atoms with Crippen molar-refractivity contribution in [3.63, 3.8) is 0 Å². The number of nitrogens with zero attached hydrogens (tertiary/aromatic N) is 3. The molecule has 0 saturated carbocycles. The van der Waals surface area contributed by atoms with Gasteiger partial charge in [0.25, 0.3) is 5.56 Å². The van der Waals surface area contributed by atoms with Crippen molar-refractivity contribution < 1.29 is 14.3 Å². The van der Waals surface area contributed by atoms with E-state index in [9.17, 15) is 9.59 Å². The lowest BCUT2D eigenvalue weighted by Gasteiger charge is -2.19. The molecule has 1 aliphatic heterocycles. The fourth-order valence-corrected chi connectivity index (χ4v) is 3.56. The molecule has 2 aromatic heterocycles. The van der Waals surface area contributed by atoms with Gasteiger partial charge < -0.3 is 14.8 Å². The van der Waals surface area contributed by atoms with Gasteiger partial charge in [0.15, 0.2) is 11.5 Å². The van der Waals surface area contributed by atoms with Crippen molar-refractivity contribution >= 4 is 11.6 Å². The molecule has 3 heterocycles. The summed E-state index contributed by atoms with van der Waals surface area (Å²) in [4.78, 5) is 31.8. The number of hydrogen-bond donors (Lipinski definition) is 2. The fraction of sp³-hybridized carbons (Fsp3) is 0.364. The van der Waals surface area contributed by atoms with E-state index in [1.165, 1.54) is 0 Å². The van der Waals surface area contributed by atoms with E-state index in [-0.39, 0.29) is 11.5 Å². The third-order valence-corrected chi connectivity index (χ3v) is 5.45. The third kappa shape index (κ3) is 4.16. The van der Waals surface area contributed by atoms with E-state index in [0.29, 0.717) is 60.4 Å². The number of ether oxygens (including phenoxy) is 2. The lowest BCUT2D eigenvalue weighted by molar-refractivity contribution is -0.116. The molecule has 1 aliphatic rings. The Bertz CT molecular complexity index is 1210. The smallest absolute Gasteiger partial charge is 0.255 e. The van der Waals surface area contributed by atoms with Crippen LogP contribution in [0, 0.1) is 27.7 Å². The van der Waals surface area contributed by atoms with Crippen LogP contribution in [0.15, 0.2) is 23.0 Å². The molecule has 3 aromatic rings. The number of nitrogens with one attached hydrogen (secondary N) is 2. The first-order valence-electron chi connectivity index (χ1n) is 10.2. The molecule has 0 saturated heterocycles. The molecule has 2 N–H and O–H groups in total. The maximum absolute atomic E-state index is 12.5. The standard InChI is InChI=1S/C22H25N5O4/c1-12-13(2)23-22(25-21(12)29)27-15(4)17(14(3)26-27)6-8-20(28)24-16-5-7-18-19(11-16)31-10-9-30-18/h5,7,11H,6,8-10H2,1-4H3,(H,24,28)(H,23,25,29). The zero-order valence-electron chi connectivity index (χ0n) is 18.0. The minimum absolute atomic E-state index is 0.110. The van der Waals surface area contributed by atoms with E-state index in [1.807, 2.05) is 13.8 Å². The lowest BCUT2D eigenvalue weighted by Crippen LogP contribution is -2.18. The van der Waals surface area contributed by atoms with Crippen LogP contribution < -0.4 is 20.3 Å². The van der Waals surface area contributed by atoms with E-state index >= 15 is 0 Å². The van der Waals surface area contributed by atoms with Gasteiger partial charge in [0, 0.05) is 35.1 Å². The van der Waals surface area contributed by atoms with E-state index in [2.05, 4.69) is 20.4 Å². The molecule has 0 unspecified atom stereocenters. The second-order valence-corrected chi connectivity index (χ2v) is 7.57. The van der Waals surface area contributed by atoms with Crippen molar-refractivity contribution in [2.45, 2.75) is 40.5 Å². The predicted octanol–water partition coefficient (Wildman–Crippen LogP) is 2.53. The van der Waals surface area contributed by atoms with E-state index < -0.39 is 0 Å². The fourth-order valence-electron chi connectivity index (χ4n) is 3.56. The molecule has 0 radical (unpaired) electrons. The lowest BCUT2D eigenvalue weighted by atomic mass is 10.1. The van der Waals surface area contributed by atoms with Crippen molar-refractivity contribution in [3.8, 4) is 17.4 Å². The summed E-state index contributed by atoms with van der Waals surface area (Å²) < 4.78 is 12.7. The first kappa shape index (κ1) is 20.6. The van der Waals surface area contributed by atoms with Crippen molar-refractivity contribution in [3.05, 3.63) is 56.8 Å². The number of amides is 1. The average Bonchev–Trinajstić information content (AvgIpc) is 3.03. The number of fused-ring (bicyclic) bond motifs is 1. The van der Waals surface area contributed by atoms with E-state index in [0.717, 1.165) is 17.0 Å². The third-order valence-electron chi connectivity index (χ3n) is 5.45. The second-order valence-electron chi connectivity index (χ2n) is 7.57. The number of anilines is 1. The number of aromatic amines is 1. The quantitative estimate of drug-likeness (QED) is 0.652. The molecule has 9 heteroatoms. The van der Waals surface area contributed by atoms with Crippen LogP contribution in [-0.4, -0.2) is 38.9 Å². The summed E-state index contributed by atoms with van der Waals surface area (Å²) in [5.74, 6) is 1.58. The number of carbonyl (C=O) groups excluding carboxylic acids is 1. The first-order valence-corrected chi connectivity index (χ1v) is 10.2. The number of benzene rings is 1. The van der Waals surface area contributed by atoms with Gasteiger partial charge in [-0.1, -0.05) is 0 Å². The summed E-state index contributed by atoms with van der Waals surface area (Å²) in [5, 5.41) is 7.42. The largest absolute Gasteiger partial charge is 0.486 e. The molecule has 0 fully saturated rings. The first-order chi connectivity index (χ1) is 14.8. The highest BCUT2D eigenvalue weighted by Gasteiger charge is 2.17. The van der Waals surface area contributed by atoms with Crippen LogP contribution in [-0.2, 0) is 11.2 Å². The van der Waals surface area contributed by atoms with E-state index in [4.69, 9.17) is 9.47 Å². The molecular formula is C22H25N5O4. The molecule has 9 nitrogen and oxygen atoms in total. The van der Waals surface area contributed by atoms with Crippen LogP contribution in [0.5, 0.6) is 11.5 Å². The Kier molecular flexibility index (Phi) is 5.50. The molecule has 0 spiro atoms. The van der Waals surface area contributed by atoms with Gasteiger partial charge in [0.05, 0.1) is 5.69 Å². The number of carbonyl (C=O) groups is 1. The van der Waals surface area contributed by atoms with Crippen LogP contribution in [0.2, 0.25) is 0 Å². The van der Waals surface area contributed by atoms with Gasteiger partial charge in [-0.2, -0.15) is 5.10 Å². The molecule has 0 aliphatic carbocycles. The van der Waals surface area contributed by atoms with Crippen molar-refractivity contribution in [2.24, 2.45) is 0 Å². The summed E-state index contributed by atoms with van der Waals surface area (Å²) in [6.45, 7) is 8.34. The highest BCUT2D eigenvalue weighted by atomic mass is 16.6. The second kappa shape index (κ2) is 8.25. The molecule has 0 bridgehead atoms. The van der Waals surface area contributed by atoms with Gasteiger partial charge in [-0.05, 0) is 51.8 Å². The summed E-state index contributed by atoms with van der Waals surface area (Å²) >= 11 is 0. The number of hydrogen-bond acceptors (Lipinski definition) is 6. The maximum Gasteiger partial charge on any atom is 0.255 e. The molecule has 4 rings (SSSR count). The van der Waals surface area contributed by atoms with Gasteiger partial charge in [-0.25, -0.2) is 9.67 Å². The SMILES string of the molecule is Cc1nn(-c2nc(C)c(C)c(=O)[nH]2)c(C)c1CCC(=O)Nc1ccc2c(c1)OCCO2. The molecule has 1 aromatic carbocycles. The van der Waals surface area contributed by atoms with Crippen molar-refractivity contribution in [1.29, 1.82) is 0 Å². The van der Waals surface area contributed by atoms with E-state index in [1.54, 1.807) is 36.7 Å². The van der Waals surface area contributed by atoms with Gasteiger partial charge >= 0.3 is 0 Å². The van der Waals surface area contributed by atoms with Crippen LogP contribution in [0.25, 0.3) is 5.95 Å². The van der Waals surface area contributed by atoms with Gasteiger partial charge in [0.2, 0.25) is 11.9 Å². The van der Waals surface area contributed by atoms with Crippen LogP contribution in [0.4, 0.5) is 5.69 Å². The minimum Gasteiger partial charge on any atom is -0.486 e. The van der Waals surface area contributed by atoms with Gasteiger partial charge in [-0.3, -0.25) is 14.6 Å². The van der Waals surface area contributed by atoms with Crippen molar-refractivity contribution in [2.75, 3.05) is 18.5 Å². The Hall–Kier alpha value is -3.62. The Morgan fingerprint density at radius 3 is 2.61 bits per heavy atom. The zero-order valence-corrected chi connectivity index (χ0v) is 18.0. The minimum atomic E-state index is -0.185. The van der Waals surface area contributed by atoms with Crippen LogP contribution in [0.1, 0.15) is 34.6 Å². The van der Waals surface area contributed by atoms with Crippen LogP contribution >= 0.6 is 0 Å².